The summed E-state index contributed by atoms with van der Waals surface area (Å²) in [5.74, 6) is 1.85. The molecule has 0 saturated heterocycles. The minimum atomic E-state index is -0.794. The zero-order chi connectivity index (χ0) is 27.7. The van der Waals surface area contributed by atoms with Gasteiger partial charge in [-0.2, -0.15) is 0 Å². The molecule has 0 radical (unpaired) electrons. The first-order valence-corrected chi connectivity index (χ1v) is 14.0. The van der Waals surface area contributed by atoms with Gasteiger partial charge in [-0.05, 0) is 41.0 Å². The minimum absolute atomic E-state index is 0.0985. The van der Waals surface area contributed by atoms with Gasteiger partial charge in [-0.3, -0.25) is 9.78 Å². The highest BCUT2D eigenvalue weighted by molar-refractivity contribution is 7.13. The summed E-state index contributed by atoms with van der Waals surface area (Å²) < 4.78 is 11.6. The Kier molecular flexibility index (Phi) is 6.82. The van der Waals surface area contributed by atoms with E-state index in [0.717, 1.165) is 39.3 Å². The summed E-state index contributed by atoms with van der Waals surface area (Å²) in [5, 5.41) is 5.70. The number of rotatable bonds is 7. The highest BCUT2D eigenvalue weighted by atomic mass is 32.1. The molecule has 1 aliphatic heterocycles. The monoisotopic (exact) mass is 547 g/mol. The maximum absolute atomic E-state index is 13.8. The van der Waals surface area contributed by atoms with Gasteiger partial charge in [0.05, 0.1) is 18.2 Å². The van der Waals surface area contributed by atoms with Crippen molar-refractivity contribution in [2.45, 2.75) is 26.2 Å². The van der Waals surface area contributed by atoms with E-state index in [2.05, 4.69) is 34.6 Å². The van der Waals surface area contributed by atoms with Gasteiger partial charge in [0.25, 0.3) is 0 Å². The first-order chi connectivity index (χ1) is 19.4. The number of hydrogen-bond acceptors (Lipinski definition) is 6. The quantitative estimate of drug-likeness (QED) is 0.226. The van der Waals surface area contributed by atoms with Crippen molar-refractivity contribution in [2.24, 2.45) is 5.41 Å². The summed E-state index contributed by atoms with van der Waals surface area (Å²) >= 11 is 1.44. The van der Waals surface area contributed by atoms with E-state index in [1.807, 2.05) is 73.8 Å². The SMILES string of the molecule is COc1ccc2c(c1)Oc1ccccc1[C@@H]2C(C)(C)C(=O)Nc1nc(Cc2ccc(-c3ccncc3)cc2)cs1. The minimum Gasteiger partial charge on any atom is -0.497 e. The lowest BCUT2D eigenvalue weighted by atomic mass is 9.69. The second-order valence-electron chi connectivity index (χ2n) is 10.4. The van der Waals surface area contributed by atoms with Crippen molar-refractivity contribution in [1.82, 2.24) is 9.97 Å². The molecule has 2 aromatic heterocycles. The van der Waals surface area contributed by atoms with E-state index in [9.17, 15) is 4.79 Å². The van der Waals surface area contributed by atoms with Crippen LogP contribution in [0.1, 0.15) is 42.1 Å². The van der Waals surface area contributed by atoms with Gasteiger partial charge in [-0.1, -0.05) is 62.4 Å². The molecule has 3 heterocycles. The third kappa shape index (κ3) is 4.96. The molecule has 1 atom stereocenters. The third-order valence-corrected chi connectivity index (χ3v) is 8.22. The summed E-state index contributed by atoms with van der Waals surface area (Å²) in [7, 11) is 1.63. The van der Waals surface area contributed by atoms with E-state index in [4.69, 9.17) is 14.5 Å². The van der Waals surface area contributed by atoms with Crippen LogP contribution >= 0.6 is 11.3 Å². The second kappa shape index (κ2) is 10.6. The van der Waals surface area contributed by atoms with Crippen molar-refractivity contribution in [3.8, 4) is 28.4 Å². The number of carbonyl (C=O) groups is 1. The van der Waals surface area contributed by atoms with Crippen molar-refractivity contribution in [3.05, 3.63) is 119 Å². The molecule has 1 N–H and O–H groups in total. The van der Waals surface area contributed by atoms with Crippen LogP contribution in [0.25, 0.3) is 11.1 Å². The third-order valence-electron chi connectivity index (χ3n) is 7.41. The average molecular weight is 548 g/mol. The number of ether oxygens (including phenoxy) is 2. The molecule has 40 heavy (non-hydrogen) atoms. The summed E-state index contributed by atoms with van der Waals surface area (Å²) in [5.41, 5.74) is 5.50. The van der Waals surface area contributed by atoms with Crippen LogP contribution < -0.4 is 14.8 Å². The van der Waals surface area contributed by atoms with E-state index in [1.165, 1.54) is 11.3 Å². The molecule has 0 spiro atoms. The number of nitrogens with one attached hydrogen (secondary N) is 1. The molecule has 3 aromatic carbocycles. The van der Waals surface area contributed by atoms with Crippen LogP contribution in [-0.4, -0.2) is 23.0 Å². The molecular weight excluding hydrogens is 518 g/mol. The fourth-order valence-electron chi connectivity index (χ4n) is 5.25. The zero-order valence-electron chi connectivity index (χ0n) is 22.5. The number of carbonyl (C=O) groups excluding carboxylic acids is 1. The molecule has 7 heteroatoms. The van der Waals surface area contributed by atoms with Gasteiger partial charge in [0.2, 0.25) is 5.91 Å². The fourth-order valence-corrected chi connectivity index (χ4v) is 5.95. The lowest BCUT2D eigenvalue weighted by Crippen LogP contribution is -2.38. The molecular formula is C33H29N3O3S. The lowest BCUT2D eigenvalue weighted by molar-refractivity contribution is -0.124. The van der Waals surface area contributed by atoms with Crippen LogP contribution in [0.5, 0.6) is 17.2 Å². The summed E-state index contributed by atoms with van der Waals surface area (Å²) in [6.45, 7) is 3.95. The molecule has 5 aromatic rings. The number of anilines is 1. The van der Waals surface area contributed by atoms with Gasteiger partial charge in [-0.25, -0.2) is 4.98 Å². The summed E-state index contributed by atoms with van der Waals surface area (Å²) in [6, 6.07) is 26.1. The van der Waals surface area contributed by atoms with Crippen molar-refractivity contribution >= 4 is 22.4 Å². The number of benzene rings is 3. The van der Waals surface area contributed by atoms with Crippen LogP contribution in [0, 0.1) is 5.41 Å². The molecule has 1 amide bonds. The zero-order valence-corrected chi connectivity index (χ0v) is 23.4. The molecule has 200 valence electrons. The van der Waals surface area contributed by atoms with Crippen molar-refractivity contribution in [1.29, 1.82) is 0 Å². The first-order valence-electron chi connectivity index (χ1n) is 13.1. The van der Waals surface area contributed by atoms with Crippen LogP contribution in [0.15, 0.2) is 96.6 Å². The summed E-state index contributed by atoms with van der Waals surface area (Å²) in [6.07, 6.45) is 4.29. The maximum Gasteiger partial charge on any atom is 0.232 e. The van der Waals surface area contributed by atoms with Crippen LogP contribution in [0.4, 0.5) is 5.13 Å². The fraction of sp³-hybridized carbons (Fsp3) is 0.182. The highest BCUT2D eigenvalue weighted by Gasteiger charge is 2.43. The van der Waals surface area contributed by atoms with Gasteiger partial charge in [0, 0.05) is 47.3 Å². The Morgan fingerprint density at radius 1 is 0.950 bits per heavy atom. The molecule has 0 bridgehead atoms. The van der Waals surface area contributed by atoms with Gasteiger partial charge in [-0.15, -0.1) is 11.3 Å². The topological polar surface area (TPSA) is 73.3 Å². The summed E-state index contributed by atoms with van der Waals surface area (Å²) in [4.78, 5) is 22.6. The van der Waals surface area contributed by atoms with E-state index >= 15 is 0 Å². The predicted molar refractivity (Wildman–Crippen MR) is 158 cm³/mol. The van der Waals surface area contributed by atoms with E-state index in [0.29, 0.717) is 23.1 Å². The van der Waals surface area contributed by atoms with Gasteiger partial charge in [0.15, 0.2) is 5.13 Å². The Labute approximate surface area is 237 Å². The molecule has 1 aliphatic rings. The number of methoxy groups -OCH3 is 1. The molecule has 0 unspecified atom stereocenters. The molecule has 0 aliphatic carbocycles. The van der Waals surface area contributed by atoms with Crippen molar-refractivity contribution in [2.75, 3.05) is 12.4 Å². The number of thiazole rings is 1. The van der Waals surface area contributed by atoms with E-state index in [-0.39, 0.29) is 11.8 Å². The standard InChI is InChI=1S/C33H29N3O3S/c1-33(2,30-26-6-4-5-7-28(26)39-29-19-25(38-3)12-13-27(29)30)31(37)36-32-35-24(20-40-32)18-21-8-10-22(11-9-21)23-14-16-34-17-15-23/h4-17,19-20,30H,18H2,1-3H3,(H,35,36,37)/t30-/m0/s1. The molecule has 6 rings (SSSR count). The first kappa shape index (κ1) is 25.8. The van der Waals surface area contributed by atoms with Crippen molar-refractivity contribution < 1.29 is 14.3 Å². The number of fused-ring (bicyclic) bond motifs is 2. The highest BCUT2D eigenvalue weighted by Crippen LogP contribution is 2.52. The second-order valence-corrected chi connectivity index (χ2v) is 11.3. The van der Waals surface area contributed by atoms with Crippen LogP contribution in [0.2, 0.25) is 0 Å². The lowest BCUT2D eigenvalue weighted by Gasteiger charge is -2.38. The van der Waals surface area contributed by atoms with Crippen LogP contribution in [-0.2, 0) is 11.2 Å². The van der Waals surface area contributed by atoms with Gasteiger partial charge < -0.3 is 14.8 Å². The Morgan fingerprint density at radius 3 is 2.45 bits per heavy atom. The number of hydrogen-bond donors (Lipinski definition) is 1. The smallest absolute Gasteiger partial charge is 0.232 e. The maximum atomic E-state index is 13.8. The van der Waals surface area contributed by atoms with E-state index in [1.54, 1.807) is 19.5 Å². The Hall–Kier alpha value is -4.49. The predicted octanol–water partition coefficient (Wildman–Crippen LogP) is 7.71. The Balaban J connectivity index is 1.20. The number of pyridine rings is 1. The van der Waals surface area contributed by atoms with Crippen LogP contribution in [0.3, 0.4) is 0 Å². The molecule has 0 fully saturated rings. The average Bonchev–Trinajstić information content (AvgIpc) is 3.42. The number of nitrogens with zero attached hydrogens (tertiary/aromatic N) is 2. The largest absolute Gasteiger partial charge is 0.497 e. The van der Waals surface area contributed by atoms with Gasteiger partial charge in [0.1, 0.15) is 17.2 Å². The number of amides is 1. The van der Waals surface area contributed by atoms with E-state index < -0.39 is 5.41 Å². The van der Waals surface area contributed by atoms with Crippen molar-refractivity contribution in [3.63, 3.8) is 0 Å². The van der Waals surface area contributed by atoms with Gasteiger partial charge >= 0.3 is 0 Å². The number of aromatic nitrogens is 2. The molecule has 6 nitrogen and oxygen atoms in total. The molecule has 0 saturated carbocycles. The Morgan fingerprint density at radius 2 is 1.68 bits per heavy atom. The Bertz CT molecular complexity index is 1660. The number of para-hydroxylation sites is 1. The normalized spacial score (nSPS) is 14.0.